The molecule has 0 amide bonds. The smallest absolute Gasteiger partial charge is 0.422 e. The molecule has 0 aliphatic rings. The second-order valence-electron chi connectivity index (χ2n) is 6.59. The number of nitrogens with one attached hydrogen (secondary N) is 2. The molecule has 0 saturated heterocycles. The molecule has 3 aromatic rings. The van der Waals surface area contributed by atoms with Gasteiger partial charge in [-0.3, -0.25) is 4.57 Å². The van der Waals surface area contributed by atoms with Gasteiger partial charge in [0.05, 0.1) is 6.54 Å². The Hall–Kier alpha value is -2.83. The molecule has 2 heterocycles. The normalized spacial score (nSPS) is 11.6. The molecule has 3 rings (SSSR count). The van der Waals surface area contributed by atoms with E-state index in [9.17, 15) is 13.2 Å². The highest BCUT2D eigenvalue weighted by molar-refractivity contribution is 14.0. The van der Waals surface area contributed by atoms with Gasteiger partial charge in [-0.2, -0.15) is 13.2 Å². The second-order valence-corrected chi connectivity index (χ2v) is 6.59. The molecule has 0 fully saturated rings. The van der Waals surface area contributed by atoms with Crippen molar-refractivity contribution in [3.63, 3.8) is 0 Å². The molecule has 0 radical (unpaired) electrons. The Bertz CT molecular complexity index is 978. The lowest BCUT2D eigenvalue weighted by Gasteiger charge is -2.12. The van der Waals surface area contributed by atoms with Crippen molar-refractivity contribution in [3.8, 4) is 11.6 Å². The monoisotopic (exact) mass is 560 g/mol. The summed E-state index contributed by atoms with van der Waals surface area (Å²) < 4.78 is 43.2. The maximum absolute atomic E-state index is 12.2. The van der Waals surface area contributed by atoms with E-state index in [4.69, 9.17) is 4.74 Å². The van der Waals surface area contributed by atoms with E-state index in [1.165, 1.54) is 12.1 Å². The number of aromatic nitrogens is 3. The van der Waals surface area contributed by atoms with E-state index in [1.54, 1.807) is 30.9 Å². The largest absolute Gasteiger partial charge is 0.484 e. The Morgan fingerprint density at radius 3 is 2.53 bits per heavy atom. The molecule has 172 valence electrons. The van der Waals surface area contributed by atoms with Gasteiger partial charge >= 0.3 is 6.18 Å². The van der Waals surface area contributed by atoms with Crippen LogP contribution >= 0.6 is 24.0 Å². The number of rotatable bonds is 8. The molecule has 7 nitrogen and oxygen atoms in total. The molecule has 32 heavy (non-hydrogen) atoms. The number of hydrogen-bond acceptors (Lipinski definition) is 4. The standard InChI is InChI=1S/C21H23F3N6O.HI/c1-2-26-20(28-12-16-3-5-18(6-4-16)31-14-21(22,23)24)29-13-17-7-8-27-19(11-17)30-10-9-25-15-30;/h3-11,15H,2,12-14H2,1H3,(H2,26,28,29);1H. The molecule has 2 N–H and O–H groups in total. The van der Waals surface area contributed by atoms with Crippen molar-refractivity contribution in [2.24, 2.45) is 4.99 Å². The third-order valence-corrected chi connectivity index (χ3v) is 4.13. The van der Waals surface area contributed by atoms with E-state index < -0.39 is 12.8 Å². The second kappa shape index (κ2) is 12.3. The Kier molecular flexibility index (Phi) is 9.75. The van der Waals surface area contributed by atoms with Crippen molar-refractivity contribution in [2.75, 3.05) is 13.2 Å². The van der Waals surface area contributed by atoms with Crippen LogP contribution in [0.15, 0.2) is 66.3 Å². The molecule has 0 bridgehead atoms. The molecule has 11 heteroatoms. The van der Waals surface area contributed by atoms with E-state index >= 15 is 0 Å². The van der Waals surface area contributed by atoms with Gasteiger partial charge in [-0.25, -0.2) is 15.0 Å². The van der Waals surface area contributed by atoms with Crippen LogP contribution in [0, 0.1) is 0 Å². The van der Waals surface area contributed by atoms with Crippen molar-refractivity contribution in [1.82, 2.24) is 25.2 Å². The van der Waals surface area contributed by atoms with Crippen LogP contribution in [0.5, 0.6) is 5.75 Å². The molecule has 2 aromatic heterocycles. The lowest BCUT2D eigenvalue weighted by Crippen LogP contribution is -2.36. The first-order chi connectivity index (χ1) is 14.9. The summed E-state index contributed by atoms with van der Waals surface area (Å²) in [5, 5.41) is 6.38. The van der Waals surface area contributed by atoms with E-state index in [0.29, 0.717) is 25.6 Å². The average Bonchev–Trinajstić information content (AvgIpc) is 3.30. The summed E-state index contributed by atoms with van der Waals surface area (Å²) in [5.41, 5.74) is 1.87. The molecule has 0 aliphatic carbocycles. The first-order valence-corrected chi connectivity index (χ1v) is 9.67. The molecule has 0 aliphatic heterocycles. The lowest BCUT2D eigenvalue weighted by atomic mass is 10.2. The highest BCUT2D eigenvalue weighted by Crippen LogP contribution is 2.18. The number of hydrogen-bond donors (Lipinski definition) is 2. The fraction of sp³-hybridized carbons (Fsp3) is 0.286. The van der Waals surface area contributed by atoms with Gasteiger partial charge in [0, 0.05) is 31.7 Å². The van der Waals surface area contributed by atoms with Crippen molar-refractivity contribution in [1.29, 1.82) is 0 Å². The number of alkyl halides is 3. The maximum atomic E-state index is 12.2. The Morgan fingerprint density at radius 2 is 1.88 bits per heavy atom. The van der Waals surface area contributed by atoms with Crippen LogP contribution in [0.4, 0.5) is 13.2 Å². The Balaban J connectivity index is 0.00000363. The maximum Gasteiger partial charge on any atom is 0.422 e. The van der Waals surface area contributed by atoms with Crippen LogP contribution in [0.3, 0.4) is 0 Å². The average molecular weight is 560 g/mol. The third kappa shape index (κ3) is 8.36. The summed E-state index contributed by atoms with van der Waals surface area (Å²) in [6.07, 6.45) is 2.56. The van der Waals surface area contributed by atoms with Gasteiger partial charge < -0.3 is 15.4 Å². The number of ether oxygens (including phenoxy) is 1. The third-order valence-electron chi connectivity index (χ3n) is 4.13. The summed E-state index contributed by atoms with van der Waals surface area (Å²) in [6, 6.07) is 10.3. The fourth-order valence-corrected chi connectivity index (χ4v) is 2.66. The van der Waals surface area contributed by atoms with Gasteiger partial charge in [0.2, 0.25) is 0 Å². The molecule has 0 spiro atoms. The summed E-state index contributed by atoms with van der Waals surface area (Å²) >= 11 is 0. The minimum atomic E-state index is -4.36. The van der Waals surface area contributed by atoms with E-state index in [-0.39, 0.29) is 29.7 Å². The number of aliphatic imine (C=N–C) groups is 1. The van der Waals surface area contributed by atoms with Crippen LogP contribution < -0.4 is 15.4 Å². The molecule has 0 atom stereocenters. The minimum absolute atomic E-state index is 0. The number of pyridine rings is 1. The zero-order valence-corrected chi connectivity index (χ0v) is 19.7. The summed E-state index contributed by atoms with van der Waals surface area (Å²) in [5.74, 6) is 1.56. The molecule has 0 unspecified atom stereocenters. The van der Waals surface area contributed by atoms with Gasteiger partial charge in [-0.15, -0.1) is 24.0 Å². The molecule has 1 aromatic carbocycles. The highest BCUT2D eigenvalue weighted by atomic mass is 127. The van der Waals surface area contributed by atoms with Crippen molar-refractivity contribution >= 4 is 29.9 Å². The Morgan fingerprint density at radius 1 is 1.09 bits per heavy atom. The zero-order chi connectivity index (χ0) is 22.1. The number of benzene rings is 1. The van der Waals surface area contributed by atoms with Crippen LogP contribution in [-0.4, -0.2) is 39.8 Å². The van der Waals surface area contributed by atoms with Crippen molar-refractivity contribution in [3.05, 3.63) is 72.4 Å². The van der Waals surface area contributed by atoms with Gasteiger partial charge in [0.25, 0.3) is 0 Å². The number of halogens is 4. The summed E-state index contributed by atoms with van der Waals surface area (Å²) in [4.78, 5) is 12.9. The predicted molar refractivity (Wildman–Crippen MR) is 126 cm³/mol. The minimum Gasteiger partial charge on any atom is -0.484 e. The van der Waals surface area contributed by atoms with E-state index in [2.05, 4.69) is 25.6 Å². The molecular weight excluding hydrogens is 536 g/mol. The zero-order valence-electron chi connectivity index (χ0n) is 17.3. The predicted octanol–water partition coefficient (Wildman–Crippen LogP) is 4.08. The topological polar surface area (TPSA) is 76.4 Å². The Labute approximate surface area is 201 Å². The van der Waals surface area contributed by atoms with E-state index in [0.717, 1.165) is 16.9 Å². The summed E-state index contributed by atoms with van der Waals surface area (Å²) in [6.45, 7) is 2.26. The van der Waals surface area contributed by atoms with Crippen LogP contribution in [-0.2, 0) is 13.1 Å². The van der Waals surface area contributed by atoms with Crippen molar-refractivity contribution in [2.45, 2.75) is 26.2 Å². The highest BCUT2D eigenvalue weighted by Gasteiger charge is 2.28. The molecular formula is C21H24F3IN6O. The summed E-state index contributed by atoms with van der Waals surface area (Å²) in [7, 11) is 0. The SMILES string of the molecule is CCNC(=NCc1ccnc(-n2ccnc2)c1)NCc1ccc(OCC(F)(F)F)cc1.I. The van der Waals surface area contributed by atoms with Gasteiger partial charge in [0.1, 0.15) is 17.9 Å². The lowest BCUT2D eigenvalue weighted by molar-refractivity contribution is -0.153. The van der Waals surface area contributed by atoms with E-state index in [1.807, 2.05) is 29.8 Å². The quantitative estimate of drug-likeness (QED) is 0.247. The van der Waals surface area contributed by atoms with Gasteiger partial charge in [0.15, 0.2) is 12.6 Å². The first kappa shape index (κ1) is 25.4. The number of nitrogens with zero attached hydrogens (tertiary/aromatic N) is 4. The number of guanidine groups is 1. The van der Waals surface area contributed by atoms with Gasteiger partial charge in [-0.1, -0.05) is 12.1 Å². The van der Waals surface area contributed by atoms with Crippen LogP contribution in [0.25, 0.3) is 5.82 Å². The number of imidazole rings is 1. The van der Waals surface area contributed by atoms with Crippen molar-refractivity contribution < 1.29 is 17.9 Å². The van der Waals surface area contributed by atoms with Gasteiger partial charge in [-0.05, 0) is 42.3 Å². The van der Waals surface area contributed by atoms with Crippen LogP contribution in [0.1, 0.15) is 18.1 Å². The first-order valence-electron chi connectivity index (χ1n) is 9.67. The van der Waals surface area contributed by atoms with Crippen LogP contribution in [0.2, 0.25) is 0 Å². The fourth-order valence-electron chi connectivity index (χ4n) is 2.66. The molecule has 0 saturated carbocycles.